The molecular weight excluding hydrogens is 374 g/mol. The smallest absolute Gasteiger partial charge is 0.152 e. The van der Waals surface area contributed by atoms with Crippen LogP contribution in [0.2, 0.25) is 0 Å². The molecule has 30 heavy (non-hydrogen) atoms. The summed E-state index contributed by atoms with van der Waals surface area (Å²) in [6.45, 7) is 4.54. The van der Waals surface area contributed by atoms with Crippen LogP contribution in [0.4, 0.5) is 11.4 Å². The number of aldehydes is 1. The van der Waals surface area contributed by atoms with Gasteiger partial charge >= 0.3 is 0 Å². The Labute approximate surface area is 177 Å². The summed E-state index contributed by atoms with van der Waals surface area (Å²) in [5.74, 6) is 0. The standard InChI is InChI=1S/C25H27N3O2/c1-27-25-23(17-29)14-22(15-24(25)26)20-7-5-19(6-8-20)21-4-2-3-18(13-21)16-28-9-11-30-12-10-28/h2-8,13-15,17,27H,9-12,16,26H2,1H3. The van der Waals surface area contributed by atoms with E-state index in [1.807, 2.05) is 12.1 Å². The van der Waals surface area contributed by atoms with Crippen molar-refractivity contribution >= 4 is 17.7 Å². The Hall–Kier alpha value is -3.15. The van der Waals surface area contributed by atoms with Crippen molar-refractivity contribution in [2.75, 3.05) is 44.4 Å². The summed E-state index contributed by atoms with van der Waals surface area (Å²) in [4.78, 5) is 13.9. The number of rotatable bonds is 6. The first kappa shape index (κ1) is 20.1. The van der Waals surface area contributed by atoms with E-state index in [1.165, 1.54) is 11.1 Å². The molecule has 5 heteroatoms. The quantitative estimate of drug-likeness (QED) is 0.476. The fourth-order valence-corrected chi connectivity index (χ4v) is 3.96. The fraction of sp³-hybridized carbons (Fsp3) is 0.240. The number of ether oxygens (including phenoxy) is 1. The first-order valence-corrected chi connectivity index (χ1v) is 10.2. The van der Waals surface area contributed by atoms with Crippen molar-refractivity contribution in [2.24, 2.45) is 0 Å². The Balaban J connectivity index is 1.56. The molecule has 0 unspecified atom stereocenters. The van der Waals surface area contributed by atoms with Gasteiger partial charge in [-0.25, -0.2) is 0 Å². The summed E-state index contributed by atoms with van der Waals surface area (Å²) < 4.78 is 5.44. The largest absolute Gasteiger partial charge is 0.397 e. The SMILES string of the molecule is CNc1c(N)cc(-c2ccc(-c3cccc(CN4CCOCC4)c3)cc2)cc1C=O. The summed E-state index contributed by atoms with van der Waals surface area (Å²) in [6, 6.07) is 20.9. The molecule has 0 spiro atoms. The maximum absolute atomic E-state index is 11.4. The van der Waals surface area contributed by atoms with Gasteiger partial charge in [0, 0.05) is 32.2 Å². The minimum absolute atomic E-state index is 0.562. The summed E-state index contributed by atoms with van der Waals surface area (Å²) in [6.07, 6.45) is 0.833. The van der Waals surface area contributed by atoms with Crippen LogP contribution in [0.25, 0.3) is 22.3 Å². The molecule has 1 saturated heterocycles. The molecule has 3 aromatic rings. The monoisotopic (exact) mass is 401 g/mol. The average molecular weight is 402 g/mol. The molecule has 1 aliphatic rings. The van der Waals surface area contributed by atoms with Crippen molar-refractivity contribution in [2.45, 2.75) is 6.54 Å². The summed E-state index contributed by atoms with van der Waals surface area (Å²) in [5, 5.41) is 2.99. The van der Waals surface area contributed by atoms with Gasteiger partial charge in [0.2, 0.25) is 0 Å². The topological polar surface area (TPSA) is 67.6 Å². The number of nitrogens with two attached hydrogens (primary N) is 1. The van der Waals surface area contributed by atoms with E-state index in [9.17, 15) is 4.79 Å². The average Bonchev–Trinajstić information content (AvgIpc) is 2.79. The number of morpholine rings is 1. The maximum Gasteiger partial charge on any atom is 0.152 e. The van der Waals surface area contributed by atoms with Gasteiger partial charge in [-0.3, -0.25) is 9.69 Å². The zero-order chi connectivity index (χ0) is 20.9. The highest BCUT2D eigenvalue weighted by atomic mass is 16.5. The highest BCUT2D eigenvalue weighted by Gasteiger charge is 2.12. The number of anilines is 2. The molecule has 4 rings (SSSR count). The molecule has 5 nitrogen and oxygen atoms in total. The van der Waals surface area contributed by atoms with Crippen molar-refractivity contribution in [1.82, 2.24) is 4.90 Å². The van der Waals surface area contributed by atoms with Crippen molar-refractivity contribution < 1.29 is 9.53 Å². The second kappa shape index (κ2) is 9.11. The van der Waals surface area contributed by atoms with Crippen LogP contribution in [-0.2, 0) is 11.3 Å². The third-order valence-electron chi connectivity index (χ3n) is 5.56. The van der Waals surface area contributed by atoms with E-state index >= 15 is 0 Å². The molecule has 0 bridgehead atoms. The molecule has 0 saturated carbocycles. The van der Waals surface area contributed by atoms with Gasteiger partial charge in [0.15, 0.2) is 6.29 Å². The van der Waals surface area contributed by atoms with Crippen LogP contribution >= 0.6 is 0 Å². The van der Waals surface area contributed by atoms with Gasteiger partial charge in [-0.05, 0) is 46.0 Å². The van der Waals surface area contributed by atoms with E-state index in [-0.39, 0.29) is 0 Å². The third-order valence-corrected chi connectivity index (χ3v) is 5.56. The lowest BCUT2D eigenvalue weighted by Gasteiger charge is -2.26. The lowest BCUT2D eigenvalue weighted by molar-refractivity contribution is 0.0342. The Morgan fingerprint density at radius 2 is 1.67 bits per heavy atom. The molecule has 0 amide bonds. The summed E-state index contributed by atoms with van der Waals surface area (Å²) in [7, 11) is 1.76. The molecule has 3 aromatic carbocycles. The van der Waals surface area contributed by atoms with Crippen LogP contribution < -0.4 is 11.1 Å². The Morgan fingerprint density at radius 1 is 0.967 bits per heavy atom. The second-order valence-corrected chi connectivity index (χ2v) is 7.56. The third kappa shape index (κ3) is 4.37. The first-order chi connectivity index (χ1) is 14.7. The summed E-state index contributed by atoms with van der Waals surface area (Å²) >= 11 is 0. The van der Waals surface area contributed by atoms with E-state index in [2.05, 4.69) is 58.7 Å². The molecule has 154 valence electrons. The van der Waals surface area contributed by atoms with Crippen molar-refractivity contribution in [3.8, 4) is 22.3 Å². The van der Waals surface area contributed by atoms with Gasteiger partial charge in [0.25, 0.3) is 0 Å². The molecule has 1 heterocycles. The van der Waals surface area contributed by atoms with E-state index in [0.717, 1.165) is 55.8 Å². The van der Waals surface area contributed by atoms with Crippen molar-refractivity contribution in [3.05, 3.63) is 71.8 Å². The van der Waals surface area contributed by atoms with Crippen molar-refractivity contribution in [3.63, 3.8) is 0 Å². The van der Waals surface area contributed by atoms with Crippen LogP contribution in [0, 0.1) is 0 Å². The molecule has 1 fully saturated rings. The number of nitrogens with zero attached hydrogens (tertiary/aromatic N) is 1. The van der Waals surface area contributed by atoms with E-state index in [0.29, 0.717) is 16.9 Å². The fourth-order valence-electron chi connectivity index (χ4n) is 3.96. The first-order valence-electron chi connectivity index (χ1n) is 10.2. The van der Waals surface area contributed by atoms with Gasteiger partial charge in [0.1, 0.15) is 0 Å². The van der Waals surface area contributed by atoms with Gasteiger partial charge in [-0.15, -0.1) is 0 Å². The van der Waals surface area contributed by atoms with E-state index in [4.69, 9.17) is 10.5 Å². The van der Waals surface area contributed by atoms with Crippen LogP contribution in [0.15, 0.2) is 60.7 Å². The lowest BCUT2D eigenvalue weighted by Crippen LogP contribution is -2.35. The number of nitrogen functional groups attached to an aromatic ring is 1. The predicted molar refractivity (Wildman–Crippen MR) is 123 cm³/mol. The minimum Gasteiger partial charge on any atom is -0.397 e. The molecule has 0 aromatic heterocycles. The van der Waals surface area contributed by atoms with Gasteiger partial charge < -0.3 is 15.8 Å². The zero-order valence-electron chi connectivity index (χ0n) is 17.2. The number of nitrogens with one attached hydrogen (secondary N) is 1. The van der Waals surface area contributed by atoms with Crippen molar-refractivity contribution in [1.29, 1.82) is 0 Å². The maximum atomic E-state index is 11.4. The number of carbonyl (C=O) groups excluding carboxylic acids is 1. The molecule has 1 aliphatic heterocycles. The second-order valence-electron chi connectivity index (χ2n) is 7.56. The number of carbonyl (C=O) groups is 1. The molecule has 0 aliphatic carbocycles. The zero-order valence-corrected chi connectivity index (χ0v) is 17.2. The van der Waals surface area contributed by atoms with Gasteiger partial charge in [-0.1, -0.05) is 42.5 Å². The Bertz CT molecular complexity index is 1030. The van der Waals surface area contributed by atoms with E-state index < -0.39 is 0 Å². The van der Waals surface area contributed by atoms with Gasteiger partial charge in [-0.2, -0.15) is 0 Å². The lowest BCUT2D eigenvalue weighted by atomic mass is 9.97. The number of benzene rings is 3. The van der Waals surface area contributed by atoms with Crippen LogP contribution in [0.5, 0.6) is 0 Å². The minimum atomic E-state index is 0.562. The predicted octanol–water partition coefficient (Wildman–Crippen LogP) is 4.29. The highest BCUT2D eigenvalue weighted by Crippen LogP contribution is 2.31. The highest BCUT2D eigenvalue weighted by molar-refractivity contribution is 5.93. The Kier molecular flexibility index (Phi) is 6.12. The van der Waals surface area contributed by atoms with Crippen LogP contribution in [-0.4, -0.2) is 44.5 Å². The van der Waals surface area contributed by atoms with Crippen LogP contribution in [0.1, 0.15) is 15.9 Å². The van der Waals surface area contributed by atoms with Crippen LogP contribution in [0.3, 0.4) is 0 Å². The molecule has 0 atom stereocenters. The van der Waals surface area contributed by atoms with E-state index in [1.54, 1.807) is 7.05 Å². The Morgan fingerprint density at radius 3 is 2.33 bits per heavy atom. The molecule has 3 N–H and O–H groups in total. The summed E-state index contributed by atoms with van der Waals surface area (Å²) in [5.41, 5.74) is 13.6. The molecular formula is C25H27N3O2. The number of hydrogen-bond acceptors (Lipinski definition) is 5. The van der Waals surface area contributed by atoms with Gasteiger partial charge in [0.05, 0.1) is 24.6 Å². The normalized spacial score (nSPS) is 14.4. The number of hydrogen-bond donors (Lipinski definition) is 2. The molecule has 0 radical (unpaired) electrons.